The molecule has 1 aromatic heterocycles. The summed E-state index contributed by atoms with van der Waals surface area (Å²) < 4.78 is 5.58. The Kier molecular flexibility index (Phi) is 1.96. The number of rotatable bonds is 0. The maximum atomic E-state index is 5.58. The highest BCUT2D eigenvalue weighted by Crippen LogP contribution is 2.17. The topological polar surface area (TPSA) is 34.2 Å². The third-order valence-electron chi connectivity index (χ3n) is 1.91. The normalized spacial score (nSPS) is 22.2. The summed E-state index contributed by atoms with van der Waals surface area (Å²) in [6.07, 6.45) is 1.97. The van der Waals surface area contributed by atoms with Gasteiger partial charge in [-0.05, 0) is 13.0 Å². The number of nitrogens with zero attached hydrogens (tertiary/aromatic N) is 1. The number of aromatic nitrogens is 1. The van der Waals surface area contributed by atoms with Crippen molar-refractivity contribution >= 4 is 0 Å². The fourth-order valence-corrected chi connectivity index (χ4v) is 1.31. The van der Waals surface area contributed by atoms with Gasteiger partial charge in [-0.25, -0.2) is 4.98 Å². The average molecular weight is 164 g/mol. The minimum absolute atomic E-state index is 0.209. The van der Waals surface area contributed by atoms with E-state index >= 15 is 0 Å². The predicted octanol–water partition coefficient (Wildman–Crippen LogP) is 0.952. The van der Waals surface area contributed by atoms with E-state index in [2.05, 4.69) is 10.3 Å². The van der Waals surface area contributed by atoms with Crippen LogP contribution in [0.1, 0.15) is 12.5 Å². The van der Waals surface area contributed by atoms with E-state index in [9.17, 15) is 0 Å². The maximum absolute atomic E-state index is 5.58. The van der Waals surface area contributed by atoms with Crippen LogP contribution in [0.15, 0.2) is 18.3 Å². The monoisotopic (exact) mass is 164 g/mol. The molecule has 2 heterocycles. The van der Waals surface area contributed by atoms with Crippen molar-refractivity contribution in [2.24, 2.45) is 0 Å². The van der Waals surface area contributed by atoms with Crippen LogP contribution in [0.5, 0.6) is 5.88 Å². The first-order valence-electron chi connectivity index (χ1n) is 4.17. The fraction of sp³-hybridized carbons (Fsp3) is 0.444. The Labute approximate surface area is 71.8 Å². The summed E-state index contributed by atoms with van der Waals surface area (Å²) in [5.41, 5.74) is 1.14. The lowest BCUT2D eigenvalue weighted by atomic mass is 10.3. The first kappa shape index (κ1) is 7.55. The molecule has 0 spiro atoms. The molecule has 0 aromatic carbocycles. The van der Waals surface area contributed by atoms with Gasteiger partial charge in [0.1, 0.15) is 6.10 Å². The minimum atomic E-state index is 0.209. The molecule has 1 aliphatic heterocycles. The van der Waals surface area contributed by atoms with Gasteiger partial charge in [0.15, 0.2) is 0 Å². The molecule has 3 nitrogen and oxygen atoms in total. The molecule has 0 amide bonds. The fourth-order valence-electron chi connectivity index (χ4n) is 1.31. The van der Waals surface area contributed by atoms with Crippen LogP contribution in [0.4, 0.5) is 0 Å². The van der Waals surface area contributed by atoms with Crippen molar-refractivity contribution in [2.45, 2.75) is 19.6 Å². The maximum Gasteiger partial charge on any atom is 0.218 e. The highest BCUT2D eigenvalue weighted by molar-refractivity contribution is 5.26. The molecule has 0 saturated heterocycles. The Morgan fingerprint density at radius 3 is 3.50 bits per heavy atom. The Morgan fingerprint density at radius 1 is 1.67 bits per heavy atom. The molecule has 0 fully saturated rings. The quantitative estimate of drug-likeness (QED) is 0.620. The second-order valence-corrected chi connectivity index (χ2v) is 3.03. The molecule has 2 rings (SSSR count). The Bertz CT molecular complexity index is 275. The lowest BCUT2D eigenvalue weighted by Crippen LogP contribution is -2.25. The highest BCUT2D eigenvalue weighted by Gasteiger charge is 2.13. The molecule has 1 aromatic rings. The third kappa shape index (κ3) is 1.41. The molecule has 1 atom stereocenters. The van der Waals surface area contributed by atoms with Crippen LogP contribution in [0.3, 0.4) is 0 Å². The van der Waals surface area contributed by atoms with Gasteiger partial charge in [-0.3, -0.25) is 0 Å². The highest BCUT2D eigenvalue weighted by atomic mass is 16.5. The van der Waals surface area contributed by atoms with Crippen LogP contribution < -0.4 is 10.1 Å². The smallest absolute Gasteiger partial charge is 0.218 e. The number of nitrogens with one attached hydrogen (secondary N) is 1. The molecule has 12 heavy (non-hydrogen) atoms. The van der Waals surface area contributed by atoms with E-state index in [1.807, 2.05) is 19.1 Å². The predicted molar refractivity (Wildman–Crippen MR) is 46.0 cm³/mol. The molecule has 0 bridgehead atoms. The van der Waals surface area contributed by atoms with Crippen LogP contribution in [-0.2, 0) is 6.54 Å². The largest absolute Gasteiger partial charge is 0.473 e. The van der Waals surface area contributed by atoms with Crippen LogP contribution >= 0.6 is 0 Å². The zero-order chi connectivity index (χ0) is 8.39. The molecule has 0 radical (unpaired) electrons. The average Bonchev–Trinajstić information content (AvgIpc) is 2.25. The summed E-state index contributed by atoms with van der Waals surface area (Å²) in [6.45, 7) is 3.78. The molecular weight excluding hydrogens is 152 g/mol. The van der Waals surface area contributed by atoms with Crippen molar-refractivity contribution < 1.29 is 4.74 Å². The summed E-state index contributed by atoms with van der Waals surface area (Å²) >= 11 is 0. The zero-order valence-corrected chi connectivity index (χ0v) is 7.08. The van der Waals surface area contributed by atoms with Crippen molar-refractivity contribution in [1.82, 2.24) is 10.3 Å². The summed E-state index contributed by atoms with van der Waals surface area (Å²) in [7, 11) is 0. The van der Waals surface area contributed by atoms with Crippen LogP contribution in [0.2, 0.25) is 0 Å². The van der Waals surface area contributed by atoms with Crippen LogP contribution in [0, 0.1) is 0 Å². The van der Waals surface area contributed by atoms with Crippen LogP contribution in [-0.4, -0.2) is 17.6 Å². The van der Waals surface area contributed by atoms with Crippen molar-refractivity contribution in [3.05, 3.63) is 23.9 Å². The van der Waals surface area contributed by atoms with E-state index in [1.165, 1.54) is 0 Å². The van der Waals surface area contributed by atoms with E-state index in [-0.39, 0.29) is 6.10 Å². The van der Waals surface area contributed by atoms with E-state index in [4.69, 9.17) is 4.74 Å². The van der Waals surface area contributed by atoms with Gasteiger partial charge >= 0.3 is 0 Å². The molecule has 3 heteroatoms. The number of ether oxygens (including phenoxy) is 1. The Balaban J connectivity index is 2.31. The van der Waals surface area contributed by atoms with Crippen molar-refractivity contribution in [1.29, 1.82) is 0 Å². The Morgan fingerprint density at radius 2 is 2.58 bits per heavy atom. The van der Waals surface area contributed by atoms with Gasteiger partial charge in [0, 0.05) is 24.8 Å². The number of fused-ring (bicyclic) bond motifs is 1. The molecule has 0 aliphatic carbocycles. The number of pyridine rings is 1. The van der Waals surface area contributed by atoms with E-state index in [0.717, 1.165) is 24.5 Å². The van der Waals surface area contributed by atoms with Crippen LogP contribution in [0.25, 0.3) is 0 Å². The molecular formula is C9H12N2O. The number of hydrogen-bond donors (Lipinski definition) is 1. The second kappa shape index (κ2) is 3.11. The molecule has 64 valence electrons. The summed E-state index contributed by atoms with van der Waals surface area (Å²) in [6, 6.07) is 3.97. The Hall–Kier alpha value is -1.09. The molecule has 1 N–H and O–H groups in total. The zero-order valence-electron chi connectivity index (χ0n) is 7.08. The molecule has 0 saturated carbocycles. The van der Waals surface area contributed by atoms with Gasteiger partial charge in [-0.2, -0.15) is 0 Å². The van der Waals surface area contributed by atoms with Crippen molar-refractivity contribution in [2.75, 3.05) is 6.54 Å². The number of hydrogen-bond acceptors (Lipinski definition) is 3. The summed E-state index contributed by atoms with van der Waals surface area (Å²) in [5, 5.41) is 3.29. The van der Waals surface area contributed by atoms with Gasteiger partial charge in [0.25, 0.3) is 0 Å². The second-order valence-electron chi connectivity index (χ2n) is 3.03. The van der Waals surface area contributed by atoms with Crippen molar-refractivity contribution in [3.63, 3.8) is 0 Å². The SMILES string of the molecule is CC1CNCc2cccnc2O1. The summed E-state index contributed by atoms with van der Waals surface area (Å²) in [4.78, 5) is 4.17. The van der Waals surface area contributed by atoms with E-state index < -0.39 is 0 Å². The third-order valence-corrected chi connectivity index (χ3v) is 1.91. The lowest BCUT2D eigenvalue weighted by molar-refractivity contribution is 0.218. The van der Waals surface area contributed by atoms with Gasteiger partial charge in [0.05, 0.1) is 0 Å². The van der Waals surface area contributed by atoms with E-state index in [0.29, 0.717) is 0 Å². The van der Waals surface area contributed by atoms with Crippen molar-refractivity contribution in [3.8, 4) is 5.88 Å². The van der Waals surface area contributed by atoms with Gasteiger partial charge in [0.2, 0.25) is 5.88 Å². The van der Waals surface area contributed by atoms with Gasteiger partial charge < -0.3 is 10.1 Å². The lowest BCUT2D eigenvalue weighted by Gasteiger charge is -2.09. The summed E-state index contributed by atoms with van der Waals surface area (Å²) in [5.74, 6) is 0.773. The van der Waals surface area contributed by atoms with E-state index in [1.54, 1.807) is 6.20 Å². The van der Waals surface area contributed by atoms with Gasteiger partial charge in [-0.1, -0.05) is 6.07 Å². The molecule has 1 unspecified atom stereocenters. The first-order chi connectivity index (χ1) is 5.86. The first-order valence-corrected chi connectivity index (χ1v) is 4.17. The standard InChI is InChI=1S/C9H12N2O/c1-7-5-10-6-8-3-2-4-11-9(8)12-7/h2-4,7,10H,5-6H2,1H3. The van der Waals surface area contributed by atoms with Gasteiger partial charge in [-0.15, -0.1) is 0 Å². The molecule has 1 aliphatic rings. The minimum Gasteiger partial charge on any atom is -0.473 e.